The van der Waals surface area contributed by atoms with Gasteiger partial charge in [0.2, 0.25) is 11.6 Å². The minimum atomic E-state index is -1.06. The van der Waals surface area contributed by atoms with Crippen LogP contribution in [0.4, 0.5) is 5.82 Å². The molecule has 3 heterocycles. The highest BCUT2D eigenvalue weighted by molar-refractivity contribution is 5.99. The quantitative estimate of drug-likeness (QED) is 0.528. The van der Waals surface area contributed by atoms with Crippen molar-refractivity contribution in [2.45, 2.75) is 45.6 Å². The van der Waals surface area contributed by atoms with Gasteiger partial charge in [-0.3, -0.25) is 9.59 Å². The molecule has 1 aliphatic rings. The Labute approximate surface area is 185 Å². The van der Waals surface area contributed by atoms with Crippen molar-refractivity contribution in [1.82, 2.24) is 25.4 Å². The highest BCUT2D eigenvalue weighted by Crippen LogP contribution is 2.30. The summed E-state index contributed by atoms with van der Waals surface area (Å²) >= 11 is 0. The van der Waals surface area contributed by atoms with Crippen molar-refractivity contribution in [2.75, 3.05) is 18.0 Å². The molecule has 4 rings (SSSR count). The highest BCUT2D eigenvalue weighted by Gasteiger charge is 2.29. The molecule has 0 bridgehead atoms. The van der Waals surface area contributed by atoms with Crippen LogP contribution < -0.4 is 4.90 Å². The topological polar surface area (TPSA) is 127 Å². The Hall–Kier alpha value is -3.56. The predicted molar refractivity (Wildman–Crippen MR) is 115 cm³/mol. The number of hydrogen-bond donors (Lipinski definition) is 1. The Balaban J connectivity index is 1.40. The van der Waals surface area contributed by atoms with Gasteiger partial charge in [-0.2, -0.15) is 4.80 Å². The van der Waals surface area contributed by atoms with Crippen LogP contribution in [0.2, 0.25) is 0 Å². The minimum absolute atomic E-state index is 0.0135. The van der Waals surface area contributed by atoms with Crippen molar-refractivity contribution in [3.63, 3.8) is 0 Å². The molecule has 0 amide bonds. The lowest BCUT2D eigenvalue weighted by Crippen LogP contribution is -2.36. The van der Waals surface area contributed by atoms with Crippen molar-refractivity contribution in [2.24, 2.45) is 5.92 Å². The maximum absolute atomic E-state index is 13.2. The number of nitrogens with zero attached hydrogens (tertiary/aromatic N) is 6. The molecule has 1 unspecified atom stereocenters. The predicted octanol–water partition coefficient (Wildman–Crippen LogP) is 3.03. The molecule has 0 radical (unpaired) electrons. The molecule has 1 atom stereocenters. The number of rotatable bonds is 8. The fourth-order valence-corrected chi connectivity index (χ4v) is 4.01. The fraction of sp³-hybridized carbons (Fsp3) is 0.455. The van der Waals surface area contributed by atoms with Gasteiger partial charge in [0, 0.05) is 30.6 Å². The second-order valence-electron chi connectivity index (χ2n) is 8.11. The summed E-state index contributed by atoms with van der Waals surface area (Å²) in [5, 5.41) is 24.4. The standard InChI is InChI=1S/C22H26N6O4/c1-3-14(2)16-6-4-5-7-17(16)21(31)15-8-10-27(11-9-15)19-12-18(32-25-19)22-23-26-28(24-22)13-20(29)30/h4-7,12,14-15H,3,8-11,13H2,1-2H3,(H,29,30). The maximum atomic E-state index is 13.2. The van der Waals surface area contributed by atoms with E-state index in [2.05, 4.69) is 45.4 Å². The fourth-order valence-electron chi connectivity index (χ4n) is 4.01. The number of Topliss-reactive ketones (excluding diaryl/α,β-unsaturated/α-hetero) is 1. The maximum Gasteiger partial charge on any atom is 0.327 e. The van der Waals surface area contributed by atoms with Gasteiger partial charge in [0.15, 0.2) is 18.1 Å². The molecule has 10 heteroatoms. The van der Waals surface area contributed by atoms with E-state index < -0.39 is 5.97 Å². The Kier molecular flexibility index (Phi) is 6.29. The first-order valence-corrected chi connectivity index (χ1v) is 10.8. The molecule has 0 spiro atoms. The number of ketones is 1. The molecule has 0 aliphatic carbocycles. The molecule has 1 N–H and O–H groups in total. The third-order valence-corrected chi connectivity index (χ3v) is 6.01. The van der Waals surface area contributed by atoms with Crippen LogP contribution >= 0.6 is 0 Å². The van der Waals surface area contributed by atoms with Crippen molar-refractivity contribution in [3.05, 3.63) is 41.5 Å². The first-order chi connectivity index (χ1) is 15.5. The van der Waals surface area contributed by atoms with Gasteiger partial charge in [0.1, 0.15) is 0 Å². The first-order valence-electron chi connectivity index (χ1n) is 10.8. The summed E-state index contributed by atoms with van der Waals surface area (Å²) in [5.41, 5.74) is 1.98. The second kappa shape index (κ2) is 9.29. The number of hydrogen-bond acceptors (Lipinski definition) is 8. The Morgan fingerprint density at radius 3 is 2.72 bits per heavy atom. The summed E-state index contributed by atoms with van der Waals surface area (Å²) < 4.78 is 5.34. The van der Waals surface area contributed by atoms with Crippen LogP contribution in [0.25, 0.3) is 11.6 Å². The average molecular weight is 438 g/mol. The van der Waals surface area contributed by atoms with Gasteiger partial charge in [0.25, 0.3) is 0 Å². The van der Waals surface area contributed by atoms with E-state index in [4.69, 9.17) is 9.63 Å². The molecule has 3 aromatic rings. The number of carboxylic acid groups (broad SMARTS) is 1. The minimum Gasteiger partial charge on any atom is -0.480 e. The van der Waals surface area contributed by atoms with E-state index in [-0.39, 0.29) is 24.1 Å². The number of anilines is 1. The number of piperidine rings is 1. The molecular weight excluding hydrogens is 412 g/mol. The van der Waals surface area contributed by atoms with Crippen LogP contribution in [0.5, 0.6) is 0 Å². The zero-order chi connectivity index (χ0) is 22.7. The molecule has 10 nitrogen and oxygen atoms in total. The number of benzene rings is 1. The van der Waals surface area contributed by atoms with Gasteiger partial charge in [-0.15, -0.1) is 10.2 Å². The summed E-state index contributed by atoms with van der Waals surface area (Å²) in [6.07, 6.45) is 2.47. The summed E-state index contributed by atoms with van der Waals surface area (Å²) in [6.45, 7) is 5.29. The van der Waals surface area contributed by atoms with Gasteiger partial charge < -0.3 is 14.5 Å². The van der Waals surface area contributed by atoms with E-state index in [0.29, 0.717) is 30.6 Å². The molecule has 0 saturated carbocycles. The summed E-state index contributed by atoms with van der Waals surface area (Å²) in [5.74, 6) is 0.637. The van der Waals surface area contributed by atoms with Crippen molar-refractivity contribution >= 4 is 17.6 Å². The van der Waals surface area contributed by atoms with E-state index >= 15 is 0 Å². The summed E-state index contributed by atoms with van der Waals surface area (Å²) in [7, 11) is 0. The van der Waals surface area contributed by atoms with Crippen LogP contribution in [-0.4, -0.2) is 55.3 Å². The highest BCUT2D eigenvalue weighted by atomic mass is 16.5. The molecule has 2 aromatic heterocycles. The molecule has 32 heavy (non-hydrogen) atoms. The normalized spacial score (nSPS) is 15.6. The zero-order valence-corrected chi connectivity index (χ0v) is 18.1. The van der Waals surface area contributed by atoms with Crippen LogP contribution in [0, 0.1) is 5.92 Å². The van der Waals surface area contributed by atoms with E-state index in [1.807, 2.05) is 18.2 Å². The number of aliphatic carboxylic acids is 1. The third-order valence-electron chi connectivity index (χ3n) is 6.01. The number of carbonyl (C=O) groups is 2. The van der Waals surface area contributed by atoms with Crippen molar-refractivity contribution < 1.29 is 19.2 Å². The monoisotopic (exact) mass is 438 g/mol. The van der Waals surface area contributed by atoms with Gasteiger partial charge in [0.05, 0.1) is 0 Å². The Morgan fingerprint density at radius 1 is 1.25 bits per heavy atom. The van der Waals surface area contributed by atoms with Crippen LogP contribution in [-0.2, 0) is 11.3 Å². The molecule has 1 fully saturated rings. The second-order valence-corrected chi connectivity index (χ2v) is 8.11. The first kappa shape index (κ1) is 21.7. The van der Waals surface area contributed by atoms with E-state index in [0.717, 1.165) is 35.2 Å². The van der Waals surface area contributed by atoms with E-state index in [1.54, 1.807) is 6.07 Å². The lowest BCUT2D eigenvalue weighted by atomic mass is 9.84. The average Bonchev–Trinajstić information content (AvgIpc) is 3.47. The van der Waals surface area contributed by atoms with E-state index in [1.165, 1.54) is 0 Å². The molecular formula is C22H26N6O4. The number of carbonyl (C=O) groups excluding carboxylic acids is 1. The Bertz CT molecular complexity index is 1100. The molecule has 1 saturated heterocycles. The van der Waals surface area contributed by atoms with Gasteiger partial charge in [-0.1, -0.05) is 43.3 Å². The summed E-state index contributed by atoms with van der Waals surface area (Å²) in [6, 6.07) is 9.66. The smallest absolute Gasteiger partial charge is 0.327 e. The van der Waals surface area contributed by atoms with Gasteiger partial charge in [-0.25, -0.2) is 0 Å². The Morgan fingerprint density at radius 2 is 2.00 bits per heavy atom. The molecule has 168 valence electrons. The van der Waals surface area contributed by atoms with E-state index in [9.17, 15) is 9.59 Å². The van der Waals surface area contributed by atoms with Crippen LogP contribution in [0.1, 0.15) is 54.9 Å². The zero-order valence-electron chi connectivity index (χ0n) is 18.1. The SMILES string of the molecule is CCC(C)c1ccccc1C(=O)C1CCN(c2cc(-c3nnn(CC(=O)O)n3)on2)CC1. The number of carboxylic acids is 1. The number of tetrazole rings is 1. The van der Waals surface area contributed by atoms with Crippen molar-refractivity contribution in [3.8, 4) is 11.6 Å². The van der Waals surface area contributed by atoms with Crippen LogP contribution in [0.15, 0.2) is 34.9 Å². The van der Waals surface area contributed by atoms with Crippen LogP contribution in [0.3, 0.4) is 0 Å². The lowest BCUT2D eigenvalue weighted by molar-refractivity contribution is -0.138. The largest absolute Gasteiger partial charge is 0.480 e. The van der Waals surface area contributed by atoms with Gasteiger partial charge >= 0.3 is 5.97 Å². The molecule has 1 aliphatic heterocycles. The lowest BCUT2D eigenvalue weighted by Gasteiger charge is -2.31. The number of aromatic nitrogens is 5. The van der Waals surface area contributed by atoms with Gasteiger partial charge in [-0.05, 0) is 36.0 Å². The third kappa shape index (κ3) is 4.53. The van der Waals surface area contributed by atoms with Crippen molar-refractivity contribution in [1.29, 1.82) is 0 Å². The molecule has 1 aromatic carbocycles. The summed E-state index contributed by atoms with van der Waals surface area (Å²) in [4.78, 5) is 27.0.